The summed E-state index contributed by atoms with van der Waals surface area (Å²) in [5.74, 6) is -1.31. The first-order valence-corrected chi connectivity index (χ1v) is 11.2. The van der Waals surface area contributed by atoms with Gasteiger partial charge in [-0.2, -0.15) is 0 Å². The van der Waals surface area contributed by atoms with Gasteiger partial charge in [-0.3, -0.25) is 19.3 Å². The Hall–Kier alpha value is -2.71. The highest BCUT2D eigenvalue weighted by Gasteiger charge is 2.23. The van der Waals surface area contributed by atoms with Gasteiger partial charge in [0.2, 0.25) is 0 Å². The van der Waals surface area contributed by atoms with Gasteiger partial charge in [0.05, 0.1) is 5.56 Å². The second-order valence-electron chi connectivity index (χ2n) is 7.37. The summed E-state index contributed by atoms with van der Waals surface area (Å²) < 4.78 is 0.796. The summed E-state index contributed by atoms with van der Waals surface area (Å²) in [4.78, 5) is 40.8. The number of nitrogens with zero attached hydrogens (tertiary/aromatic N) is 2. The average Bonchev–Trinajstić information content (AvgIpc) is 2.80. The first-order chi connectivity index (χ1) is 15.0. The Bertz CT molecular complexity index is 925. The van der Waals surface area contributed by atoms with Gasteiger partial charge >= 0.3 is 11.8 Å². The highest BCUT2D eigenvalue weighted by molar-refractivity contribution is 9.10. The van der Waals surface area contributed by atoms with E-state index >= 15 is 0 Å². The lowest BCUT2D eigenvalue weighted by atomic mass is 10.1. The molecule has 0 aliphatic carbocycles. The first-order valence-electron chi connectivity index (χ1n) is 10.4. The maximum atomic E-state index is 12.7. The summed E-state index contributed by atoms with van der Waals surface area (Å²) in [5, 5.41) is 5.27. The summed E-state index contributed by atoms with van der Waals surface area (Å²) >= 11 is 3.43. The molecule has 1 fully saturated rings. The molecule has 1 aliphatic heterocycles. The predicted molar refractivity (Wildman–Crippen MR) is 124 cm³/mol. The molecule has 2 aromatic rings. The molecule has 1 saturated heterocycles. The highest BCUT2D eigenvalue weighted by Crippen LogP contribution is 2.18. The second-order valence-corrected chi connectivity index (χ2v) is 8.23. The fraction of sp³-hybridized carbons (Fsp3) is 0.348. The lowest BCUT2D eigenvalue weighted by molar-refractivity contribution is -0.136. The van der Waals surface area contributed by atoms with E-state index in [2.05, 4.69) is 38.4 Å². The van der Waals surface area contributed by atoms with Crippen molar-refractivity contribution in [3.05, 3.63) is 64.1 Å². The molecule has 3 rings (SSSR count). The molecule has 31 heavy (non-hydrogen) atoms. The van der Waals surface area contributed by atoms with Crippen molar-refractivity contribution >= 4 is 39.3 Å². The molecule has 2 N–H and O–H groups in total. The van der Waals surface area contributed by atoms with Crippen molar-refractivity contribution in [3.8, 4) is 0 Å². The van der Waals surface area contributed by atoms with Gasteiger partial charge in [0, 0.05) is 49.4 Å². The van der Waals surface area contributed by atoms with Crippen LogP contribution in [0.2, 0.25) is 0 Å². The van der Waals surface area contributed by atoms with Crippen molar-refractivity contribution in [1.82, 2.24) is 15.1 Å². The van der Waals surface area contributed by atoms with E-state index in [4.69, 9.17) is 0 Å². The van der Waals surface area contributed by atoms with E-state index < -0.39 is 11.8 Å². The predicted octanol–water partition coefficient (Wildman–Crippen LogP) is 2.52. The zero-order valence-corrected chi connectivity index (χ0v) is 19.2. The molecule has 3 amide bonds. The number of nitrogens with one attached hydrogen (secondary N) is 2. The number of hydrogen-bond donors (Lipinski definition) is 2. The maximum absolute atomic E-state index is 12.7. The van der Waals surface area contributed by atoms with E-state index in [1.165, 1.54) is 5.56 Å². The monoisotopic (exact) mass is 486 g/mol. The molecular formula is C23H27BrN4O3. The molecule has 0 aromatic heterocycles. The third-order valence-electron chi connectivity index (χ3n) is 5.30. The molecule has 8 heteroatoms. The van der Waals surface area contributed by atoms with Gasteiger partial charge in [0.1, 0.15) is 0 Å². The maximum Gasteiger partial charge on any atom is 0.313 e. The zero-order chi connectivity index (χ0) is 22.2. The summed E-state index contributed by atoms with van der Waals surface area (Å²) in [6, 6.07) is 14.9. The van der Waals surface area contributed by atoms with Crippen molar-refractivity contribution in [2.45, 2.75) is 13.3 Å². The number of anilines is 1. The molecule has 2 aromatic carbocycles. The fourth-order valence-electron chi connectivity index (χ4n) is 3.40. The number of rotatable bonds is 6. The van der Waals surface area contributed by atoms with Crippen molar-refractivity contribution in [2.24, 2.45) is 0 Å². The number of aryl methyl sites for hydroxylation is 1. The largest absolute Gasteiger partial charge is 0.347 e. The van der Waals surface area contributed by atoms with Gasteiger partial charge in [0.15, 0.2) is 0 Å². The van der Waals surface area contributed by atoms with Crippen LogP contribution in [0.4, 0.5) is 5.69 Å². The third kappa shape index (κ3) is 6.38. The van der Waals surface area contributed by atoms with E-state index in [1.54, 1.807) is 12.1 Å². The topological polar surface area (TPSA) is 81.8 Å². The molecule has 0 spiro atoms. The summed E-state index contributed by atoms with van der Waals surface area (Å²) in [6.45, 7) is 5.76. The Morgan fingerprint density at radius 2 is 1.61 bits per heavy atom. The first kappa shape index (κ1) is 23.0. The Balaban J connectivity index is 1.37. The SMILES string of the molecule is CCc1ccc(NC(=O)C(=O)NCCN2CCN(C(=O)c3ccccc3Br)CC2)cc1. The quantitative estimate of drug-likeness (QED) is 0.614. The summed E-state index contributed by atoms with van der Waals surface area (Å²) in [7, 11) is 0. The van der Waals surface area contributed by atoms with E-state index in [0.29, 0.717) is 37.4 Å². The molecule has 0 saturated carbocycles. The smallest absolute Gasteiger partial charge is 0.313 e. The number of amides is 3. The molecule has 7 nitrogen and oxygen atoms in total. The molecule has 0 bridgehead atoms. The number of piperazine rings is 1. The minimum atomic E-state index is -0.673. The number of hydrogen-bond acceptors (Lipinski definition) is 4. The van der Waals surface area contributed by atoms with Crippen molar-refractivity contribution in [2.75, 3.05) is 44.6 Å². The minimum absolute atomic E-state index is 0.0177. The fourth-order valence-corrected chi connectivity index (χ4v) is 3.85. The van der Waals surface area contributed by atoms with Crippen LogP contribution in [-0.2, 0) is 16.0 Å². The van der Waals surface area contributed by atoms with Gasteiger partial charge in [-0.15, -0.1) is 0 Å². The second kappa shape index (κ2) is 11.1. The van der Waals surface area contributed by atoms with Gasteiger partial charge in [-0.05, 0) is 52.2 Å². The lowest BCUT2D eigenvalue weighted by Crippen LogP contribution is -2.50. The Kier molecular flexibility index (Phi) is 8.20. The molecule has 164 valence electrons. The van der Waals surface area contributed by atoms with Crippen LogP contribution in [0.3, 0.4) is 0 Å². The third-order valence-corrected chi connectivity index (χ3v) is 6.00. The van der Waals surface area contributed by atoms with Gasteiger partial charge in [-0.1, -0.05) is 31.2 Å². The zero-order valence-electron chi connectivity index (χ0n) is 17.6. The lowest BCUT2D eigenvalue weighted by Gasteiger charge is -2.34. The van der Waals surface area contributed by atoms with Crippen LogP contribution in [-0.4, -0.2) is 66.8 Å². The van der Waals surface area contributed by atoms with Crippen molar-refractivity contribution < 1.29 is 14.4 Å². The van der Waals surface area contributed by atoms with E-state index in [9.17, 15) is 14.4 Å². The molecule has 0 radical (unpaired) electrons. The molecule has 0 atom stereocenters. The van der Waals surface area contributed by atoms with E-state index in [0.717, 1.165) is 24.0 Å². The average molecular weight is 487 g/mol. The van der Waals surface area contributed by atoms with Gasteiger partial charge in [-0.25, -0.2) is 0 Å². The molecule has 0 unspecified atom stereocenters. The minimum Gasteiger partial charge on any atom is -0.347 e. The van der Waals surface area contributed by atoms with E-state index in [1.807, 2.05) is 41.3 Å². The van der Waals surface area contributed by atoms with Crippen LogP contribution >= 0.6 is 15.9 Å². The Labute approximate surface area is 190 Å². The summed E-state index contributed by atoms with van der Waals surface area (Å²) in [6.07, 6.45) is 0.918. The summed E-state index contributed by atoms with van der Waals surface area (Å²) in [5.41, 5.74) is 2.43. The van der Waals surface area contributed by atoms with Crippen LogP contribution in [0.5, 0.6) is 0 Å². The van der Waals surface area contributed by atoms with Crippen LogP contribution in [0.25, 0.3) is 0 Å². The van der Waals surface area contributed by atoms with Crippen molar-refractivity contribution in [1.29, 1.82) is 0 Å². The number of halogens is 1. The van der Waals surface area contributed by atoms with Gasteiger partial charge < -0.3 is 15.5 Å². The molecule has 1 aliphatic rings. The normalized spacial score (nSPS) is 14.2. The molecular weight excluding hydrogens is 460 g/mol. The van der Waals surface area contributed by atoms with Gasteiger partial charge in [0.25, 0.3) is 5.91 Å². The van der Waals surface area contributed by atoms with Crippen LogP contribution in [0.15, 0.2) is 53.0 Å². The van der Waals surface area contributed by atoms with Crippen LogP contribution in [0, 0.1) is 0 Å². The van der Waals surface area contributed by atoms with Crippen LogP contribution in [0.1, 0.15) is 22.8 Å². The number of carbonyl (C=O) groups is 3. The van der Waals surface area contributed by atoms with Crippen molar-refractivity contribution in [3.63, 3.8) is 0 Å². The van der Waals surface area contributed by atoms with Crippen LogP contribution < -0.4 is 10.6 Å². The number of benzene rings is 2. The molecule has 1 heterocycles. The standard InChI is InChI=1S/C23H27BrN4O3/c1-2-17-7-9-18(10-8-17)26-22(30)21(29)25-11-12-27-13-15-28(16-14-27)23(31)19-5-3-4-6-20(19)24/h3-10H,2,11-16H2,1H3,(H,25,29)(H,26,30). The Morgan fingerprint density at radius 1 is 0.935 bits per heavy atom. The number of carbonyl (C=O) groups excluding carboxylic acids is 3. The van der Waals surface area contributed by atoms with E-state index in [-0.39, 0.29) is 5.91 Å². The highest BCUT2D eigenvalue weighted by atomic mass is 79.9. The Morgan fingerprint density at radius 3 is 2.26 bits per heavy atom.